The summed E-state index contributed by atoms with van der Waals surface area (Å²) in [5.74, 6) is 0. The summed E-state index contributed by atoms with van der Waals surface area (Å²) >= 11 is 1.86. The molecule has 3 heteroatoms. The number of thiazole rings is 1. The van der Waals surface area contributed by atoms with E-state index in [1.165, 1.54) is 15.6 Å². The molecule has 0 saturated heterocycles. The first-order valence-corrected chi connectivity index (χ1v) is 6.50. The number of nitrogens with zero attached hydrogens (tertiary/aromatic N) is 1. The summed E-state index contributed by atoms with van der Waals surface area (Å²) in [6.45, 7) is 13.0. The lowest BCUT2D eigenvalue weighted by atomic mass is 9.98. The topological polar surface area (TPSA) is 24.9 Å². The van der Waals surface area contributed by atoms with Gasteiger partial charge in [-0.2, -0.15) is 0 Å². The minimum Gasteiger partial charge on any atom is -0.312 e. The van der Waals surface area contributed by atoms with Gasteiger partial charge in [-0.3, -0.25) is 0 Å². The van der Waals surface area contributed by atoms with Crippen molar-refractivity contribution in [1.29, 1.82) is 0 Å². The minimum atomic E-state index is 0.180. The van der Waals surface area contributed by atoms with E-state index >= 15 is 0 Å². The molecule has 0 atom stereocenters. The maximum atomic E-state index is 4.73. The summed E-state index contributed by atoms with van der Waals surface area (Å²) in [4.78, 5) is 6.14. The van der Waals surface area contributed by atoms with Crippen LogP contribution in [0.3, 0.4) is 0 Å². The lowest BCUT2D eigenvalue weighted by molar-refractivity contribution is 0.583. The first-order valence-electron chi connectivity index (χ1n) is 5.68. The molecule has 1 heterocycles. The van der Waals surface area contributed by atoms with Crippen LogP contribution >= 0.6 is 11.3 Å². The van der Waals surface area contributed by atoms with Gasteiger partial charge in [0, 0.05) is 16.8 Å². The van der Waals surface area contributed by atoms with Gasteiger partial charge in [-0.25, -0.2) is 4.98 Å². The third-order valence-corrected chi connectivity index (χ3v) is 3.81. The van der Waals surface area contributed by atoms with Gasteiger partial charge in [0.05, 0.1) is 10.7 Å². The van der Waals surface area contributed by atoms with Crippen LogP contribution in [0.1, 0.15) is 50.2 Å². The zero-order valence-electron chi connectivity index (χ0n) is 10.5. The van der Waals surface area contributed by atoms with Gasteiger partial charge in [-0.05, 0) is 13.0 Å². The average molecular weight is 226 g/mol. The molecular formula is C12H22N2S. The van der Waals surface area contributed by atoms with Crippen molar-refractivity contribution in [3.8, 4) is 0 Å². The Bertz CT molecular complexity index is 310. The van der Waals surface area contributed by atoms with Crippen molar-refractivity contribution in [3.05, 3.63) is 15.6 Å². The average Bonchev–Trinajstić information content (AvgIpc) is 2.57. The number of aromatic nitrogens is 1. The van der Waals surface area contributed by atoms with Crippen molar-refractivity contribution < 1.29 is 0 Å². The highest BCUT2D eigenvalue weighted by Crippen LogP contribution is 2.29. The maximum absolute atomic E-state index is 4.73. The van der Waals surface area contributed by atoms with Gasteiger partial charge in [-0.1, -0.05) is 34.6 Å². The third-order valence-electron chi connectivity index (χ3n) is 2.29. The summed E-state index contributed by atoms with van der Waals surface area (Å²) in [6.07, 6.45) is 1.04. The van der Waals surface area contributed by atoms with Gasteiger partial charge in [0.15, 0.2) is 0 Å². The molecule has 0 bridgehead atoms. The molecule has 0 amide bonds. The number of rotatable bonds is 4. The van der Waals surface area contributed by atoms with Crippen LogP contribution in [-0.2, 0) is 18.4 Å². The molecule has 2 nitrogen and oxygen atoms in total. The molecule has 0 aliphatic carbocycles. The van der Waals surface area contributed by atoms with Crippen LogP contribution in [0, 0.1) is 0 Å². The van der Waals surface area contributed by atoms with Crippen molar-refractivity contribution in [2.24, 2.45) is 0 Å². The Morgan fingerprint density at radius 2 is 1.93 bits per heavy atom. The van der Waals surface area contributed by atoms with E-state index in [9.17, 15) is 0 Å². The first kappa shape index (κ1) is 12.7. The first-order chi connectivity index (χ1) is 6.99. The largest absolute Gasteiger partial charge is 0.312 e. The van der Waals surface area contributed by atoms with Crippen LogP contribution in [0.15, 0.2) is 0 Å². The van der Waals surface area contributed by atoms with Crippen LogP contribution in [0.2, 0.25) is 0 Å². The SMILES string of the molecule is CCNCc1sc(C(C)(C)C)nc1CC. The highest BCUT2D eigenvalue weighted by atomic mass is 32.1. The van der Waals surface area contributed by atoms with E-state index in [4.69, 9.17) is 4.98 Å². The summed E-state index contributed by atoms with van der Waals surface area (Å²) in [5.41, 5.74) is 1.45. The molecule has 0 saturated carbocycles. The number of hydrogen-bond donors (Lipinski definition) is 1. The van der Waals surface area contributed by atoms with E-state index in [1.54, 1.807) is 0 Å². The van der Waals surface area contributed by atoms with Crippen LogP contribution in [0.5, 0.6) is 0 Å². The fraction of sp³-hybridized carbons (Fsp3) is 0.750. The number of hydrogen-bond acceptors (Lipinski definition) is 3. The van der Waals surface area contributed by atoms with Gasteiger partial charge in [-0.15, -0.1) is 11.3 Å². The van der Waals surface area contributed by atoms with E-state index in [0.717, 1.165) is 19.5 Å². The van der Waals surface area contributed by atoms with Crippen molar-refractivity contribution in [3.63, 3.8) is 0 Å². The highest BCUT2D eigenvalue weighted by Gasteiger charge is 2.20. The van der Waals surface area contributed by atoms with Gasteiger partial charge in [0.2, 0.25) is 0 Å². The van der Waals surface area contributed by atoms with E-state index in [2.05, 4.69) is 39.9 Å². The molecule has 1 aromatic heterocycles. The quantitative estimate of drug-likeness (QED) is 0.853. The predicted octanol–water partition coefficient (Wildman–Crippen LogP) is 3.11. The molecule has 0 aliphatic rings. The van der Waals surface area contributed by atoms with Gasteiger partial charge >= 0.3 is 0 Å². The van der Waals surface area contributed by atoms with Crippen LogP contribution in [0.25, 0.3) is 0 Å². The molecule has 15 heavy (non-hydrogen) atoms. The fourth-order valence-corrected chi connectivity index (χ4v) is 2.53. The van der Waals surface area contributed by atoms with Crippen LogP contribution in [-0.4, -0.2) is 11.5 Å². The Kier molecular flexibility index (Phi) is 4.29. The second-order valence-electron chi connectivity index (χ2n) is 4.77. The molecule has 0 fully saturated rings. The number of nitrogens with one attached hydrogen (secondary N) is 1. The molecule has 0 unspecified atom stereocenters. The smallest absolute Gasteiger partial charge is 0.0985 e. The van der Waals surface area contributed by atoms with Gasteiger partial charge in [0.1, 0.15) is 0 Å². The molecule has 0 aliphatic heterocycles. The normalized spacial score (nSPS) is 12.1. The summed E-state index contributed by atoms with van der Waals surface area (Å²) in [5, 5.41) is 4.63. The summed E-state index contributed by atoms with van der Waals surface area (Å²) in [7, 11) is 0. The summed E-state index contributed by atoms with van der Waals surface area (Å²) < 4.78 is 0. The molecule has 0 radical (unpaired) electrons. The minimum absolute atomic E-state index is 0.180. The number of aryl methyl sites for hydroxylation is 1. The van der Waals surface area contributed by atoms with Gasteiger partial charge in [0.25, 0.3) is 0 Å². The second kappa shape index (κ2) is 5.08. The maximum Gasteiger partial charge on any atom is 0.0985 e. The van der Waals surface area contributed by atoms with Crippen molar-refractivity contribution in [2.75, 3.05) is 6.54 Å². The Morgan fingerprint density at radius 1 is 1.27 bits per heavy atom. The van der Waals surface area contributed by atoms with Crippen molar-refractivity contribution in [2.45, 2.75) is 53.0 Å². The zero-order chi connectivity index (χ0) is 11.5. The molecule has 0 aromatic carbocycles. The molecule has 1 aromatic rings. The lowest BCUT2D eigenvalue weighted by Crippen LogP contribution is -2.11. The molecule has 0 spiro atoms. The van der Waals surface area contributed by atoms with E-state index in [1.807, 2.05) is 11.3 Å². The monoisotopic (exact) mass is 226 g/mol. The Hall–Kier alpha value is -0.410. The molecular weight excluding hydrogens is 204 g/mol. The standard InChI is InChI=1S/C12H22N2S/c1-6-9-10(8-13-7-2)15-11(14-9)12(3,4)5/h13H,6-8H2,1-5H3. The zero-order valence-corrected chi connectivity index (χ0v) is 11.3. The third kappa shape index (κ3) is 3.28. The molecule has 1 rings (SSSR count). The van der Waals surface area contributed by atoms with E-state index in [-0.39, 0.29) is 5.41 Å². The Labute approximate surface area is 97.1 Å². The Morgan fingerprint density at radius 3 is 2.40 bits per heavy atom. The summed E-state index contributed by atoms with van der Waals surface area (Å²) in [6, 6.07) is 0. The van der Waals surface area contributed by atoms with Crippen LogP contribution < -0.4 is 5.32 Å². The Balaban J connectivity index is 2.90. The van der Waals surface area contributed by atoms with Crippen LogP contribution in [0.4, 0.5) is 0 Å². The van der Waals surface area contributed by atoms with E-state index < -0.39 is 0 Å². The predicted molar refractivity (Wildman–Crippen MR) is 67.6 cm³/mol. The van der Waals surface area contributed by atoms with Crippen molar-refractivity contribution >= 4 is 11.3 Å². The molecule has 86 valence electrons. The molecule has 1 N–H and O–H groups in total. The second-order valence-corrected chi connectivity index (χ2v) is 5.86. The van der Waals surface area contributed by atoms with E-state index in [0.29, 0.717) is 0 Å². The highest BCUT2D eigenvalue weighted by molar-refractivity contribution is 7.11. The van der Waals surface area contributed by atoms with Crippen molar-refractivity contribution in [1.82, 2.24) is 10.3 Å². The van der Waals surface area contributed by atoms with Gasteiger partial charge < -0.3 is 5.32 Å². The fourth-order valence-electron chi connectivity index (χ4n) is 1.36. The lowest BCUT2D eigenvalue weighted by Gasteiger charge is -2.13.